The average Bonchev–Trinajstić information content (AvgIpc) is 3.09. The summed E-state index contributed by atoms with van der Waals surface area (Å²) in [4.78, 5) is 20.8. The van der Waals surface area contributed by atoms with Crippen LogP contribution < -0.4 is 14.9 Å². The Morgan fingerprint density at radius 2 is 1.73 bits per heavy atom. The highest BCUT2D eigenvalue weighted by molar-refractivity contribution is 7.85. The van der Waals surface area contributed by atoms with Gasteiger partial charge < -0.3 is 4.90 Å². The van der Waals surface area contributed by atoms with Crippen LogP contribution in [0.4, 0.5) is 15.2 Å². The molecule has 156 valence electrons. The van der Waals surface area contributed by atoms with Crippen LogP contribution in [0.3, 0.4) is 0 Å². The van der Waals surface area contributed by atoms with Crippen molar-refractivity contribution in [2.75, 3.05) is 29.9 Å². The quantitative estimate of drug-likeness (QED) is 0.655. The van der Waals surface area contributed by atoms with Crippen LogP contribution in [0.1, 0.15) is 5.69 Å². The molecule has 0 saturated carbocycles. The molecule has 2 heterocycles. The first kappa shape index (κ1) is 20.6. The molecule has 1 atom stereocenters. The second-order valence-electron chi connectivity index (χ2n) is 7.22. The molecule has 3 aromatic rings. The lowest BCUT2D eigenvalue weighted by Crippen LogP contribution is -2.54. The van der Waals surface area contributed by atoms with Gasteiger partial charge in [0.25, 0.3) is 0 Å². The molecule has 6 nitrogen and oxygen atoms in total. The van der Waals surface area contributed by atoms with Crippen LogP contribution >= 0.6 is 11.3 Å². The number of anilines is 2. The highest BCUT2D eigenvalue weighted by atomic mass is 32.2. The Balaban J connectivity index is 1.38. The van der Waals surface area contributed by atoms with Gasteiger partial charge in [0.2, 0.25) is 5.91 Å². The first-order valence-corrected chi connectivity index (χ1v) is 11.4. The number of carbonyl (C=O) groups excluding carboxylic acids is 1. The number of hydrogen-bond acceptors (Lipinski definition) is 5. The van der Waals surface area contributed by atoms with Crippen molar-refractivity contribution in [1.82, 2.24) is 4.98 Å². The molecule has 1 saturated heterocycles. The fourth-order valence-corrected chi connectivity index (χ4v) is 5.08. The number of thiazole rings is 1. The third-order valence-corrected chi connectivity index (χ3v) is 7.62. The Morgan fingerprint density at radius 3 is 2.27 bits per heavy atom. The molecule has 1 aliphatic heterocycles. The summed E-state index contributed by atoms with van der Waals surface area (Å²) in [6.07, 6.45) is 0. The summed E-state index contributed by atoms with van der Waals surface area (Å²) in [5.74, 6) is -0.392. The van der Waals surface area contributed by atoms with Gasteiger partial charge in [0, 0.05) is 25.8 Å². The molecule has 4 rings (SSSR count). The molecule has 1 unspecified atom stereocenters. The van der Waals surface area contributed by atoms with E-state index in [-0.39, 0.29) is 17.6 Å². The van der Waals surface area contributed by atoms with Crippen molar-refractivity contribution < 1.29 is 13.4 Å². The molecule has 30 heavy (non-hydrogen) atoms. The minimum Gasteiger partial charge on any atom is -0.370 e. The molecule has 0 spiro atoms. The van der Waals surface area contributed by atoms with Crippen LogP contribution in [-0.4, -0.2) is 35.2 Å². The second kappa shape index (κ2) is 8.25. The summed E-state index contributed by atoms with van der Waals surface area (Å²) in [6, 6.07) is 14.4. The Kier molecular flexibility index (Phi) is 5.68. The number of aromatic nitrogens is 1. The SMILES string of the molecule is Cc1nc(N(C)C(=O)C2CN(c3ccc(-c4ccc(F)cc4)cc3)C2)sc1S(N)=O. The zero-order valence-corrected chi connectivity index (χ0v) is 18.2. The maximum Gasteiger partial charge on any atom is 0.235 e. The van der Waals surface area contributed by atoms with E-state index in [0.29, 0.717) is 28.1 Å². The van der Waals surface area contributed by atoms with Gasteiger partial charge in [0.15, 0.2) is 5.13 Å². The molecule has 2 aromatic carbocycles. The number of halogens is 1. The van der Waals surface area contributed by atoms with Crippen LogP contribution in [0.25, 0.3) is 11.1 Å². The monoisotopic (exact) mass is 444 g/mol. The molecule has 2 N–H and O–H groups in total. The van der Waals surface area contributed by atoms with E-state index in [9.17, 15) is 13.4 Å². The van der Waals surface area contributed by atoms with Gasteiger partial charge in [-0.3, -0.25) is 9.69 Å². The third-order valence-electron chi connectivity index (χ3n) is 5.18. The van der Waals surface area contributed by atoms with E-state index in [1.807, 2.05) is 24.3 Å². The third kappa shape index (κ3) is 4.00. The summed E-state index contributed by atoms with van der Waals surface area (Å²) < 4.78 is 25.1. The normalized spacial score (nSPS) is 15.0. The summed E-state index contributed by atoms with van der Waals surface area (Å²) in [5.41, 5.74) is 3.60. The second-order valence-corrected chi connectivity index (χ2v) is 9.46. The predicted octanol–water partition coefficient (Wildman–Crippen LogP) is 3.34. The van der Waals surface area contributed by atoms with E-state index >= 15 is 0 Å². The highest BCUT2D eigenvalue weighted by Crippen LogP contribution is 2.32. The van der Waals surface area contributed by atoms with Crippen molar-refractivity contribution in [1.29, 1.82) is 0 Å². The number of aryl methyl sites for hydroxylation is 1. The van der Waals surface area contributed by atoms with Gasteiger partial charge in [0.05, 0.1) is 11.6 Å². The molecule has 1 fully saturated rings. The number of nitrogens with two attached hydrogens (primary N) is 1. The molecule has 1 aromatic heterocycles. The Morgan fingerprint density at radius 1 is 1.17 bits per heavy atom. The van der Waals surface area contributed by atoms with E-state index in [1.165, 1.54) is 28.4 Å². The van der Waals surface area contributed by atoms with E-state index < -0.39 is 11.0 Å². The van der Waals surface area contributed by atoms with Crippen molar-refractivity contribution >= 4 is 39.0 Å². The van der Waals surface area contributed by atoms with Crippen LogP contribution in [0.2, 0.25) is 0 Å². The standard InChI is InChI=1S/C21H21FN4O2S2/c1-13-20(30(23)28)29-21(24-13)25(2)19(27)16-11-26(12-16)18-9-5-15(6-10-18)14-3-7-17(22)8-4-14/h3-10,16H,11-12,23H2,1-2H3. The van der Waals surface area contributed by atoms with Crippen molar-refractivity contribution in [3.05, 3.63) is 60.0 Å². The van der Waals surface area contributed by atoms with Gasteiger partial charge in [0.1, 0.15) is 21.0 Å². The highest BCUT2D eigenvalue weighted by Gasteiger charge is 2.35. The minimum absolute atomic E-state index is 0.0164. The number of amides is 1. The summed E-state index contributed by atoms with van der Waals surface area (Å²) in [6.45, 7) is 2.98. The topological polar surface area (TPSA) is 79.5 Å². The summed E-state index contributed by atoms with van der Waals surface area (Å²) in [7, 11) is 0.0800. The molecule has 0 radical (unpaired) electrons. The summed E-state index contributed by atoms with van der Waals surface area (Å²) in [5, 5.41) is 5.96. The van der Waals surface area contributed by atoms with Crippen LogP contribution in [-0.2, 0) is 15.8 Å². The number of nitrogens with zero attached hydrogens (tertiary/aromatic N) is 3. The zero-order valence-electron chi connectivity index (χ0n) is 16.5. The average molecular weight is 445 g/mol. The largest absolute Gasteiger partial charge is 0.370 e. The molecule has 1 aliphatic rings. The Bertz CT molecular complexity index is 1090. The first-order chi connectivity index (χ1) is 14.3. The summed E-state index contributed by atoms with van der Waals surface area (Å²) >= 11 is 1.19. The number of benzene rings is 2. The molecule has 1 amide bonds. The van der Waals surface area contributed by atoms with Crippen LogP contribution in [0.15, 0.2) is 52.7 Å². The number of hydrogen-bond donors (Lipinski definition) is 1. The van der Waals surface area contributed by atoms with E-state index in [2.05, 4.69) is 9.88 Å². The lowest BCUT2D eigenvalue weighted by molar-refractivity contribution is -0.122. The Hall–Kier alpha value is -2.62. The van der Waals surface area contributed by atoms with E-state index in [0.717, 1.165) is 16.8 Å². The fourth-order valence-electron chi connectivity index (χ4n) is 3.42. The number of carbonyl (C=O) groups is 1. The zero-order chi connectivity index (χ0) is 21.4. The van der Waals surface area contributed by atoms with Gasteiger partial charge in [-0.2, -0.15) is 0 Å². The lowest BCUT2D eigenvalue weighted by Gasteiger charge is -2.41. The van der Waals surface area contributed by atoms with Crippen molar-refractivity contribution in [2.24, 2.45) is 11.1 Å². The van der Waals surface area contributed by atoms with E-state index in [1.54, 1.807) is 26.1 Å². The van der Waals surface area contributed by atoms with Crippen molar-refractivity contribution in [2.45, 2.75) is 11.1 Å². The molecular weight excluding hydrogens is 423 g/mol. The molecule has 0 bridgehead atoms. The minimum atomic E-state index is -1.60. The van der Waals surface area contributed by atoms with Crippen molar-refractivity contribution in [3.63, 3.8) is 0 Å². The van der Waals surface area contributed by atoms with Gasteiger partial charge in [-0.25, -0.2) is 18.7 Å². The number of rotatable bonds is 5. The van der Waals surface area contributed by atoms with Gasteiger partial charge in [-0.15, -0.1) is 0 Å². The smallest absolute Gasteiger partial charge is 0.235 e. The van der Waals surface area contributed by atoms with Gasteiger partial charge in [-0.1, -0.05) is 35.6 Å². The van der Waals surface area contributed by atoms with E-state index in [4.69, 9.17) is 5.14 Å². The first-order valence-electron chi connectivity index (χ1n) is 9.35. The maximum atomic E-state index is 13.1. The van der Waals surface area contributed by atoms with Crippen LogP contribution in [0, 0.1) is 18.7 Å². The molecule has 9 heteroatoms. The van der Waals surface area contributed by atoms with Gasteiger partial charge in [-0.05, 0) is 42.3 Å². The Labute approximate surface area is 180 Å². The fraction of sp³-hybridized carbons (Fsp3) is 0.238. The van der Waals surface area contributed by atoms with Crippen LogP contribution in [0.5, 0.6) is 0 Å². The maximum absolute atomic E-state index is 13.1. The predicted molar refractivity (Wildman–Crippen MR) is 118 cm³/mol. The van der Waals surface area contributed by atoms with Gasteiger partial charge >= 0.3 is 0 Å². The van der Waals surface area contributed by atoms with Crippen molar-refractivity contribution in [3.8, 4) is 11.1 Å². The lowest BCUT2D eigenvalue weighted by atomic mass is 9.97. The molecular formula is C21H21FN4O2S2. The molecule has 0 aliphatic carbocycles.